The molecule has 7 heteroatoms. The summed E-state index contributed by atoms with van der Waals surface area (Å²) >= 11 is 3.41. The molecule has 3 aromatic rings. The summed E-state index contributed by atoms with van der Waals surface area (Å²) in [5, 5.41) is 0. The number of fused-ring (bicyclic) bond motifs is 3. The molecule has 2 aliphatic heterocycles. The number of amides is 2. The van der Waals surface area contributed by atoms with Gasteiger partial charge in [-0.2, -0.15) is 0 Å². The van der Waals surface area contributed by atoms with Gasteiger partial charge in [-0.25, -0.2) is 4.90 Å². The number of hydrogen-bond donors (Lipinski definition) is 0. The number of carbonyl (C=O) groups is 4. The first kappa shape index (κ1) is 22.1. The van der Waals surface area contributed by atoms with Crippen molar-refractivity contribution in [3.8, 4) is 0 Å². The van der Waals surface area contributed by atoms with E-state index < -0.39 is 46.9 Å². The maximum absolute atomic E-state index is 14.0. The number of Topliss-reactive ketones (excluding diaryl/α,β-unsaturated/α-hetero) is 2. The molecular formula is C28H20BrNO5. The van der Waals surface area contributed by atoms with E-state index in [1.165, 1.54) is 0 Å². The van der Waals surface area contributed by atoms with Gasteiger partial charge in [-0.05, 0) is 35.7 Å². The maximum Gasteiger partial charge on any atom is 0.241 e. The number of imide groups is 1. The van der Waals surface area contributed by atoms with Gasteiger partial charge in [-0.1, -0.05) is 77.5 Å². The fraction of sp³-hybridized carbons (Fsp3) is 0.214. The van der Waals surface area contributed by atoms with Crippen LogP contribution in [0.5, 0.6) is 0 Å². The Balaban J connectivity index is 1.55. The number of ketones is 2. The SMILES string of the molecule is CCc1ccccc1N1C(=O)[C@@H]2[C@@H](c3ccc(Br)cc3)OC3(C(=O)c4ccccc4C3=O)[C@H]2C1=O. The molecule has 6 rings (SSSR count). The molecule has 3 atom stereocenters. The molecule has 2 saturated heterocycles. The van der Waals surface area contributed by atoms with E-state index in [4.69, 9.17) is 4.74 Å². The molecular weight excluding hydrogens is 510 g/mol. The lowest BCUT2D eigenvalue weighted by Gasteiger charge is -2.28. The Morgan fingerprint density at radius 2 is 1.43 bits per heavy atom. The molecule has 2 amide bonds. The summed E-state index contributed by atoms with van der Waals surface area (Å²) in [4.78, 5) is 56.7. The largest absolute Gasteiger partial charge is 0.349 e. The monoisotopic (exact) mass is 529 g/mol. The minimum absolute atomic E-state index is 0.223. The van der Waals surface area contributed by atoms with Crippen LogP contribution in [-0.4, -0.2) is 29.0 Å². The Bertz CT molecular complexity index is 1390. The summed E-state index contributed by atoms with van der Waals surface area (Å²) in [5.74, 6) is -4.40. The molecule has 3 aromatic carbocycles. The molecule has 0 saturated carbocycles. The van der Waals surface area contributed by atoms with Crippen LogP contribution >= 0.6 is 15.9 Å². The lowest BCUT2D eigenvalue weighted by atomic mass is 9.77. The molecule has 174 valence electrons. The second-order valence-corrected chi connectivity index (χ2v) is 9.94. The highest BCUT2D eigenvalue weighted by atomic mass is 79.9. The molecule has 0 unspecified atom stereocenters. The van der Waals surface area contributed by atoms with E-state index in [1.807, 2.05) is 19.1 Å². The highest BCUT2D eigenvalue weighted by Gasteiger charge is 2.74. The number of carbonyl (C=O) groups excluding carboxylic acids is 4. The van der Waals surface area contributed by atoms with E-state index in [0.717, 1.165) is 14.9 Å². The molecule has 0 aromatic heterocycles. The molecule has 0 bridgehead atoms. The van der Waals surface area contributed by atoms with Crippen molar-refractivity contribution < 1.29 is 23.9 Å². The number of rotatable bonds is 3. The van der Waals surface area contributed by atoms with Crippen molar-refractivity contribution in [1.82, 2.24) is 0 Å². The molecule has 1 spiro atoms. The van der Waals surface area contributed by atoms with Crippen LogP contribution in [0.15, 0.2) is 77.3 Å². The number of anilines is 1. The molecule has 1 aliphatic carbocycles. The van der Waals surface area contributed by atoms with Crippen molar-refractivity contribution in [2.75, 3.05) is 4.90 Å². The number of hydrogen-bond acceptors (Lipinski definition) is 5. The normalized spacial score (nSPS) is 24.4. The third-order valence-electron chi connectivity index (χ3n) is 7.33. The molecule has 35 heavy (non-hydrogen) atoms. The van der Waals surface area contributed by atoms with Gasteiger partial charge in [0.25, 0.3) is 0 Å². The lowest BCUT2D eigenvalue weighted by molar-refractivity contribution is -0.127. The van der Waals surface area contributed by atoms with Crippen LogP contribution in [0.25, 0.3) is 0 Å². The third kappa shape index (κ3) is 2.85. The quantitative estimate of drug-likeness (QED) is 0.362. The van der Waals surface area contributed by atoms with Gasteiger partial charge < -0.3 is 4.74 Å². The zero-order valence-electron chi connectivity index (χ0n) is 18.7. The number of aryl methyl sites for hydroxylation is 1. The van der Waals surface area contributed by atoms with Crippen molar-refractivity contribution in [1.29, 1.82) is 0 Å². The van der Waals surface area contributed by atoms with E-state index in [2.05, 4.69) is 15.9 Å². The number of benzene rings is 3. The minimum Gasteiger partial charge on any atom is -0.349 e. The van der Waals surface area contributed by atoms with Crippen LogP contribution in [0.4, 0.5) is 5.69 Å². The summed E-state index contributed by atoms with van der Waals surface area (Å²) in [6.45, 7) is 1.95. The minimum atomic E-state index is -2.06. The predicted molar refractivity (Wildman–Crippen MR) is 131 cm³/mol. The zero-order valence-corrected chi connectivity index (χ0v) is 20.3. The molecule has 2 heterocycles. The summed E-state index contributed by atoms with van der Waals surface area (Å²) in [6, 6.07) is 20.9. The van der Waals surface area contributed by atoms with Gasteiger partial charge in [0.05, 0.1) is 23.6 Å². The Hall–Kier alpha value is -3.42. The van der Waals surface area contributed by atoms with E-state index in [9.17, 15) is 19.2 Å². The van der Waals surface area contributed by atoms with Gasteiger partial charge in [0.2, 0.25) is 29.0 Å². The standard InChI is InChI=1S/C28H20BrNO5/c1-2-15-7-3-6-10-20(15)30-26(33)21-22(27(30)34)28(35-23(21)16-11-13-17(29)14-12-16)24(31)18-8-4-5-9-19(18)25(28)32/h3-14,21-23H,2H2,1H3/t21-,22+,23+/m0/s1. The average Bonchev–Trinajstić information content (AvgIpc) is 3.44. The van der Waals surface area contributed by atoms with E-state index >= 15 is 0 Å². The molecule has 0 radical (unpaired) electrons. The Morgan fingerprint density at radius 1 is 0.829 bits per heavy atom. The first-order chi connectivity index (χ1) is 16.9. The van der Waals surface area contributed by atoms with Crippen molar-refractivity contribution in [3.05, 3.63) is 99.5 Å². The fourth-order valence-corrected chi connectivity index (χ4v) is 6.00. The van der Waals surface area contributed by atoms with Gasteiger partial charge in [-0.3, -0.25) is 19.2 Å². The molecule has 0 N–H and O–H groups in total. The van der Waals surface area contributed by atoms with Crippen LogP contribution < -0.4 is 4.90 Å². The van der Waals surface area contributed by atoms with Crippen LogP contribution in [0, 0.1) is 11.8 Å². The number of halogens is 1. The van der Waals surface area contributed by atoms with Crippen molar-refractivity contribution >= 4 is 45.0 Å². The topological polar surface area (TPSA) is 80.8 Å². The second-order valence-electron chi connectivity index (χ2n) is 9.03. The number of para-hydroxylation sites is 1. The van der Waals surface area contributed by atoms with Gasteiger partial charge in [0.15, 0.2) is 0 Å². The van der Waals surface area contributed by atoms with Crippen molar-refractivity contribution in [2.24, 2.45) is 11.8 Å². The zero-order chi connectivity index (χ0) is 24.5. The lowest BCUT2D eigenvalue weighted by Crippen LogP contribution is -2.51. The number of ether oxygens (including phenoxy) is 1. The summed E-state index contributed by atoms with van der Waals surface area (Å²) < 4.78 is 7.14. The second kappa shape index (κ2) is 7.80. The van der Waals surface area contributed by atoms with Gasteiger partial charge in [-0.15, -0.1) is 0 Å². The first-order valence-electron chi connectivity index (χ1n) is 11.5. The Kier molecular flexibility index (Phi) is 4.92. The average molecular weight is 530 g/mol. The van der Waals surface area contributed by atoms with Crippen LogP contribution in [0.2, 0.25) is 0 Å². The summed E-state index contributed by atoms with van der Waals surface area (Å²) in [5.41, 5.74) is 0.328. The first-order valence-corrected chi connectivity index (χ1v) is 12.3. The molecule has 6 nitrogen and oxygen atoms in total. The van der Waals surface area contributed by atoms with E-state index in [1.54, 1.807) is 60.7 Å². The summed E-state index contributed by atoms with van der Waals surface area (Å²) in [6.07, 6.45) is -0.311. The van der Waals surface area contributed by atoms with Gasteiger partial charge in [0, 0.05) is 15.6 Å². The highest BCUT2D eigenvalue weighted by Crippen LogP contribution is 2.57. The number of nitrogens with zero attached hydrogens (tertiary/aromatic N) is 1. The van der Waals surface area contributed by atoms with E-state index in [0.29, 0.717) is 17.7 Å². The van der Waals surface area contributed by atoms with Gasteiger partial charge >= 0.3 is 0 Å². The van der Waals surface area contributed by atoms with Crippen LogP contribution in [-0.2, 0) is 20.7 Å². The van der Waals surface area contributed by atoms with E-state index in [-0.39, 0.29) is 11.1 Å². The van der Waals surface area contributed by atoms with Crippen LogP contribution in [0.1, 0.15) is 44.9 Å². The third-order valence-corrected chi connectivity index (χ3v) is 7.86. The molecule has 3 aliphatic rings. The van der Waals surface area contributed by atoms with Crippen molar-refractivity contribution in [3.63, 3.8) is 0 Å². The van der Waals surface area contributed by atoms with Gasteiger partial charge in [0.1, 0.15) is 0 Å². The maximum atomic E-state index is 14.0. The Morgan fingerprint density at radius 3 is 2.06 bits per heavy atom. The highest BCUT2D eigenvalue weighted by molar-refractivity contribution is 9.10. The van der Waals surface area contributed by atoms with Crippen molar-refractivity contribution in [2.45, 2.75) is 25.0 Å². The Labute approximate surface area is 210 Å². The molecule has 2 fully saturated rings. The predicted octanol–water partition coefficient (Wildman–Crippen LogP) is 4.71. The summed E-state index contributed by atoms with van der Waals surface area (Å²) in [7, 11) is 0. The smallest absolute Gasteiger partial charge is 0.241 e. The fourth-order valence-electron chi connectivity index (χ4n) is 5.74. The van der Waals surface area contributed by atoms with Crippen LogP contribution in [0.3, 0.4) is 0 Å².